The van der Waals surface area contributed by atoms with Crippen molar-refractivity contribution in [1.82, 2.24) is 0 Å². The molecular weight excluding hydrogens is 284 g/mol. The first-order valence-corrected chi connectivity index (χ1v) is 9.51. The highest BCUT2D eigenvalue weighted by Crippen LogP contribution is 2.13. The van der Waals surface area contributed by atoms with Crippen molar-refractivity contribution in [2.75, 3.05) is 5.75 Å². The van der Waals surface area contributed by atoms with E-state index in [-0.39, 0.29) is 16.4 Å². The molecule has 3 nitrogen and oxygen atoms in total. The third kappa shape index (κ3) is 7.42. The summed E-state index contributed by atoms with van der Waals surface area (Å²) in [7, 11) is -3.46. The minimum absolute atomic E-state index is 0.174. The van der Waals surface area contributed by atoms with Gasteiger partial charge in [-0.15, -0.1) is 0 Å². The van der Waals surface area contributed by atoms with E-state index in [1.54, 1.807) is 18.2 Å². The molecule has 0 N–H and O–H groups in total. The number of benzene rings is 1. The van der Waals surface area contributed by atoms with E-state index >= 15 is 0 Å². The Bertz CT molecular complexity index is 506. The van der Waals surface area contributed by atoms with Gasteiger partial charge in [0.1, 0.15) is 11.5 Å². The molecule has 0 atom stereocenters. The molecule has 0 aliphatic carbocycles. The lowest BCUT2D eigenvalue weighted by molar-refractivity contribution is -0.116. The number of ketones is 1. The highest BCUT2D eigenvalue weighted by molar-refractivity contribution is 7.92. The Morgan fingerprint density at radius 1 is 0.905 bits per heavy atom. The second-order valence-electron chi connectivity index (χ2n) is 5.48. The first-order valence-electron chi connectivity index (χ1n) is 7.86. The maximum Gasteiger partial charge on any atom is 0.185 e. The molecule has 0 aliphatic heterocycles. The molecule has 21 heavy (non-hydrogen) atoms. The van der Waals surface area contributed by atoms with Gasteiger partial charge in [-0.3, -0.25) is 4.79 Å². The summed E-state index contributed by atoms with van der Waals surface area (Å²) in [5.74, 6) is -0.542. The molecule has 0 fully saturated rings. The number of hydrogen-bond donors (Lipinski definition) is 0. The molecule has 1 rings (SSSR count). The van der Waals surface area contributed by atoms with Crippen LogP contribution in [-0.2, 0) is 14.6 Å². The zero-order valence-corrected chi connectivity index (χ0v) is 13.7. The zero-order valence-electron chi connectivity index (χ0n) is 12.9. The van der Waals surface area contributed by atoms with Crippen LogP contribution in [0, 0.1) is 0 Å². The molecule has 0 unspecified atom stereocenters. The average molecular weight is 310 g/mol. The average Bonchev–Trinajstić information content (AvgIpc) is 2.47. The number of Topliss-reactive ketones (excluding diaryl/α,β-unsaturated/α-hetero) is 1. The fourth-order valence-electron chi connectivity index (χ4n) is 2.27. The van der Waals surface area contributed by atoms with Gasteiger partial charge in [-0.25, -0.2) is 8.42 Å². The van der Waals surface area contributed by atoms with E-state index in [1.165, 1.54) is 37.8 Å². The molecule has 0 aliphatic rings. The van der Waals surface area contributed by atoms with Crippen LogP contribution < -0.4 is 0 Å². The topological polar surface area (TPSA) is 51.2 Å². The Morgan fingerprint density at radius 2 is 1.48 bits per heavy atom. The number of unbranched alkanes of at least 4 members (excludes halogenated alkanes) is 6. The smallest absolute Gasteiger partial charge is 0.185 e. The van der Waals surface area contributed by atoms with E-state index in [1.807, 2.05) is 0 Å². The highest BCUT2D eigenvalue weighted by Gasteiger charge is 2.18. The van der Waals surface area contributed by atoms with Crippen molar-refractivity contribution in [3.05, 3.63) is 30.3 Å². The maximum atomic E-state index is 12.0. The van der Waals surface area contributed by atoms with Crippen LogP contribution in [0.2, 0.25) is 0 Å². The normalized spacial score (nSPS) is 11.5. The molecule has 0 heterocycles. The van der Waals surface area contributed by atoms with E-state index < -0.39 is 9.84 Å². The summed E-state index contributed by atoms with van der Waals surface area (Å²) in [6, 6.07) is 8.19. The van der Waals surface area contributed by atoms with Crippen LogP contribution in [0.3, 0.4) is 0 Å². The molecule has 118 valence electrons. The summed E-state index contributed by atoms with van der Waals surface area (Å²) >= 11 is 0. The first kappa shape index (κ1) is 17.9. The van der Waals surface area contributed by atoms with Gasteiger partial charge < -0.3 is 0 Å². The summed E-state index contributed by atoms with van der Waals surface area (Å²) < 4.78 is 24.1. The molecule has 0 saturated carbocycles. The molecule has 0 bridgehead atoms. The highest BCUT2D eigenvalue weighted by atomic mass is 32.2. The van der Waals surface area contributed by atoms with E-state index in [0.717, 1.165) is 19.3 Å². The summed E-state index contributed by atoms with van der Waals surface area (Å²) in [5.41, 5.74) is 0. The Labute approximate surface area is 128 Å². The van der Waals surface area contributed by atoms with Gasteiger partial charge >= 0.3 is 0 Å². The fourth-order valence-corrected chi connectivity index (χ4v) is 3.58. The SMILES string of the molecule is CCCCCCCCCC(=O)CS(=O)(=O)c1ccccc1. The van der Waals surface area contributed by atoms with Crippen LogP contribution >= 0.6 is 0 Å². The van der Waals surface area contributed by atoms with Crippen molar-refractivity contribution < 1.29 is 13.2 Å². The summed E-state index contributed by atoms with van der Waals surface area (Å²) in [5, 5.41) is 0. The van der Waals surface area contributed by atoms with Crippen molar-refractivity contribution in [2.45, 2.75) is 63.2 Å². The van der Waals surface area contributed by atoms with Crippen molar-refractivity contribution in [1.29, 1.82) is 0 Å². The largest absolute Gasteiger partial charge is 0.299 e. The monoisotopic (exact) mass is 310 g/mol. The Hall–Kier alpha value is -1.16. The van der Waals surface area contributed by atoms with Gasteiger partial charge in [0.25, 0.3) is 0 Å². The van der Waals surface area contributed by atoms with Gasteiger partial charge in [0.15, 0.2) is 9.84 Å². The number of hydrogen-bond acceptors (Lipinski definition) is 3. The number of carbonyl (C=O) groups is 1. The van der Waals surface area contributed by atoms with E-state index in [9.17, 15) is 13.2 Å². The van der Waals surface area contributed by atoms with Crippen molar-refractivity contribution >= 4 is 15.6 Å². The van der Waals surface area contributed by atoms with Crippen LogP contribution in [0.25, 0.3) is 0 Å². The van der Waals surface area contributed by atoms with Gasteiger partial charge in [0, 0.05) is 6.42 Å². The van der Waals surface area contributed by atoms with E-state index in [0.29, 0.717) is 6.42 Å². The van der Waals surface area contributed by atoms with Crippen molar-refractivity contribution in [2.24, 2.45) is 0 Å². The second-order valence-corrected chi connectivity index (χ2v) is 7.47. The summed E-state index contributed by atoms with van der Waals surface area (Å²) in [4.78, 5) is 12.0. The molecule has 4 heteroatoms. The van der Waals surface area contributed by atoms with Crippen LogP contribution in [0.4, 0.5) is 0 Å². The van der Waals surface area contributed by atoms with Crippen LogP contribution in [0.5, 0.6) is 0 Å². The molecule has 0 amide bonds. The van der Waals surface area contributed by atoms with Gasteiger partial charge in [0.2, 0.25) is 0 Å². The minimum atomic E-state index is -3.46. The molecule has 0 radical (unpaired) electrons. The van der Waals surface area contributed by atoms with Gasteiger partial charge in [-0.2, -0.15) is 0 Å². The number of carbonyl (C=O) groups excluding carboxylic acids is 1. The zero-order chi connectivity index (χ0) is 15.6. The van der Waals surface area contributed by atoms with E-state index in [2.05, 4.69) is 6.92 Å². The van der Waals surface area contributed by atoms with E-state index in [4.69, 9.17) is 0 Å². The first-order chi connectivity index (χ1) is 10.1. The van der Waals surface area contributed by atoms with Gasteiger partial charge in [-0.1, -0.05) is 63.6 Å². The molecule has 0 aromatic heterocycles. The summed E-state index contributed by atoms with van der Waals surface area (Å²) in [6.45, 7) is 2.19. The third-order valence-corrected chi connectivity index (χ3v) is 5.20. The Kier molecular flexibility index (Phi) is 8.28. The van der Waals surface area contributed by atoms with Crippen molar-refractivity contribution in [3.8, 4) is 0 Å². The predicted molar refractivity (Wildman–Crippen MR) is 86.1 cm³/mol. The van der Waals surface area contributed by atoms with Crippen LogP contribution in [-0.4, -0.2) is 20.0 Å². The second kappa shape index (κ2) is 9.72. The standard InChI is InChI=1S/C17H26O3S/c1-2-3-4-5-6-7-9-12-16(18)15-21(19,20)17-13-10-8-11-14-17/h8,10-11,13-14H,2-7,9,12,15H2,1H3. The van der Waals surface area contributed by atoms with Gasteiger partial charge in [-0.05, 0) is 18.6 Å². The minimum Gasteiger partial charge on any atom is -0.299 e. The van der Waals surface area contributed by atoms with Crippen LogP contribution in [0.1, 0.15) is 58.3 Å². The maximum absolute atomic E-state index is 12.0. The third-order valence-electron chi connectivity index (χ3n) is 3.51. The fraction of sp³-hybridized carbons (Fsp3) is 0.588. The lowest BCUT2D eigenvalue weighted by atomic mass is 10.1. The number of rotatable bonds is 11. The molecule has 0 saturated heterocycles. The Balaban J connectivity index is 2.25. The quantitative estimate of drug-likeness (QED) is 0.576. The van der Waals surface area contributed by atoms with Gasteiger partial charge in [0.05, 0.1) is 4.90 Å². The summed E-state index contributed by atoms with van der Waals surface area (Å²) in [6.07, 6.45) is 8.30. The molecule has 0 spiro atoms. The lowest BCUT2D eigenvalue weighted by Gasteiger charge is -2.04. The lowest BCUT2D eigenvalue weighted by Crippen LogP contribution is -2.16. The molecule has 1 aromatic carbocycles. The predicted octanol–water partition coefficient (Wildman–Crippen LogP) is 4.17. The number of sulfone groups is 1. The molecule has 1 aromatic rings. The molecular formula is C17H26O3S. The Morgan fingerprint density at radius 3 is 2.10 bits per heavy atom. The van der Waals surface area contributed by atoms with Crippen LogP contribution in [0.15, 0.2) is 35.2 Å². The van der Waals surface area contributed by atoms with Crippen molar-refractivity contribution in [3.63, 3.8) is 0 Å².